The molecule has 3 saturated carbocycles. The largest absolute Gasteiger partial charge is 0.494 e. The van der Waals surface area contributed by atoms with Crippen molar-refractivity contribution in [2.75, 3.05) is 33.8 Å². The third-order valence-corrected chi connectivity index (χ3v) is 12.3. The van der Waals surface area contributed by atoms with Crippen LogP contribution in [0.25, 0.3) is 33.6 Å². The first kappa shape index (κ1) is 30.7. The molecule has 3 aliphatic carbocycles. The molecule has 5 aromatic rings. The topological polar surface area (TPSA) is 124 Å². The summed E-state index contributed by atoms with van der Waals surface area (Å²) in [4.78, 5) is 54.4. The molecule has 0 spiro atoms. The number of likely N-dealkylation sites (tertiary alicyclic amines) is 2. The van der Waals surface area contributed by atoms with E-state index in [1.165, 1.54) is 19.3 Å². The normalized spacial score (nSPS) is 24.3. The molecular weight excluding hydrogens is 642 g/mol. The standard InChI is InChI=1S/C39H41N9O3/c1-40-19-33-42-17-27(18-43-33)38(49)45-10-7-28(8-11-45)48-35-29(44-37(48)31-14-23-4-3-9-41-36(23)46(31)20-22-5-6-22)13-25(16-32(35)51-2)39(50)47-21-26-12-24-15-30(47)34(24)26/h3-4,9,13-14,16-19,22,24,26,28,30,34H,5-8,10-12,15,20-21H2,1-2H3/t24?,26?,30?,34-/m1/s1. The molecule has 1 aromatic carbocycles. The third-order valence-electron chi connectivity index (χ3n) is 12.3. The number of aliphatic imine (C=N–C) groups is 1. The maximum Gasteiger partial charge on any atom is 0.256 e. The highest BCUT2D eigenvalue weighted by Gasteiger charge is 2.61. The van der Waals surface area contributed by atoms with E-state index in [-0.39, 0.29) is 17.9 Å². The lowest BCUT2D eigenvalue weighted by molar-refractivity contribution is -0.0204. The van der Waals surface area contributed by atoms with E-state index >= 15 is 0 Å². The highest BCUT2D eigenvalue weighted by atomic mass is 16.5. The summed E-state index contributed by atoms with van der Waals surface area (Å²) in [7, 11) is 3.35. The van der Waals surface area contributed by atoms with Gasteiger partial charge in [-0.15, -0.1) is 0 Å². The maximum absolute atomic E-state index is 14.1. The molecule has 3 unspecified atom stereocenters. The Morgan fingerprint density at radius 1 is 0.980 bits per heavy atom. The molecule has 2 aliphatic heterocycles. The Bertz CT molecular complexity index is 2230. The van der Waals surface area contributed by atoms with Crippen molar-refractivity contribution < 1.29 is 14.3 Å². The molecule has 51 heavy (non-hydrogen) atoms. The summed E-state index contributed by atoms with van der Waals surface area (Å²) in [6.45, 7) is 2.90. The van der Waals surface area contributed by atoms with Gasteiger partial charge >= 0.3 is 0 Å². The number of carbonyl (C=O) groups excluding carboxylic acids is 2. The quantitative estimate of drug-likeness (QED) is 0.204. The zero-order valence-corrected chi connectivity index (χ0v) is 29.0. The average Bonchev–Trinajstić information content (AvgIpc) is 3.79. The zero-order valence-electron chi connectivity index (χ0n) is 29.0. The van der Waals surface area contributed by atoms with Crippen molar-refractivity contribution in [2.45, 2.75) is 57.2 Å². The van der Waals surface area contributed by atoms with Gasteiger partial charge in [-0.3, -0.25) is 14.6 Å². The van der Waals surface area contributed by atoms with E-state index in [4.69, 9.17) is 14.7 Å². The van der Waals surface area contributed by atoms with Crippen molar-refractivity contribution >= 4 is 40.1 Å². The Kier molecular flexibility index (Phi) is 7.04. The molecule has 6 heterocycles. The number of ether oxygens (including phenoxy) is 1. The van der Waals surface area contributed by atoms with E-state index in [9.17, 15) is 9.59 Å². The molecule has 12 nitrogen and oxygen atoms in total. The number of methoxy groups -OCH3 is 1. The molecule has 260 valence electrons. The number of rotatable bonds is 8. The number of fused-ring (bicyclic) bond motifs is 2. The fourth-order valence-electron chi connectivity index (χ4n) is 9.53. The van der Waals surface area contributed by atoms with Gasteiger partial charge in [-0.05, 0) is 92.5 Å². The number of pyridine rings is 1. The van der Waals surface area contributed by atoms with Gasteiger partial charge in [0.2, 0.25) is 0 Å². The van der Waals surface area contributed by atoms with Crippen LogP contribution >= 0.6 is 0 Å². The second-order valence-electron chi connectivity index (χ2n) is 15.2. The molecule has 5 fully saturated rings. The lowest BCUT2D eigenvalue weighted by atomic mass is 9.53. The number of nitrogens with zero attached hydrogens (tertiary/aromatic N) is 9. The van der Waals surface area contributed by atoms with Gasteiger partial charge in [-0.25, -0.2) is 19.9 Å². The Hall–Kier alpha value is -5.13. The van der Waals surface area contributed by atoms with Crippen LogP contribution in [0, 0.1) is 23.7 Å². The summed E-state index contributed by atoms with van der Waals surface area (Å²) in [5, 5.41) is 1.08. The third kappa shape index (κ3) is 4.89. The van der Waals surface area contributed by atoms with Crippen molar-refractivity contribution in [3.63, 3.8) is 0 Å². The number of imidazole rings is 1. The zero-order chi connectivity index (χ0) is 34.4. The molecule has 2 saturated heterocycles. The highest BCUT2D eigenvalue weighted by molar-refractivity contribution is 6.01. The first-order chi connectivity index (χ1) is 25.0. The molecule has 5 aliphatic rings. The number of aromatic nitrogens is 6. The minimum atomic E-state index is -0.0753. The van der Waals surface area contributed by atoms with Crippen LogP contribution in [0.15, 0.2) is 53.9 Å². The van der Waals surface area contributed by atoms with E-state index < -0.39 is 0 Å². The minimum Gasteiger partial charge on any atom is -0.494 e. The summed E-state index contributed by atoms with van der Waals surface area (Å²) in [6, 6.07) is 10.6. The average molecular weight is 684 g/mol. The molecule has 0 bridgehead atoms. The summed E-state index contributed by atoms with van der Waals surface area (Å²) in [5.41, 5.74) is 4.72. The Morgan fingerprint density at radius 3 is 2.53 bits per heavy atom. The van der Waals surface area contributed by atoms with Crippen molar-refractivity contribution in [1.29, 1.82) is 0 Å². The van der Waals surface area contributed by atoms with Gasteiger partial charge < -0.3 is 23.7 Å². The maximum atomic E-state index is 14.1. The van der Waals surface area contributed by atoms with Crippen LogP contribution in [0.5, 0.6) is 5.75 Å². The summed E-state index contributed by atoms with van der Waals surface area (Å²) >= 11 is 0. The Labute approximate surface area is 295 Å². The number of benzene rings is 1. The Balaban J connectivity index is 1.04. The fourth-order valence-corrected chi connectivity index (χ4v) is 9.53. The number of hydrogen-bond donors (Lipinski definition) is 0. The lowest BCUT2D eigenvalue weighted by Gasteiger charge is -2.52. The van der Waals surface area contributed by atoms with Crippen molar-refractivity contribution in [2.24, 2.45) is 28.7 Å². The van der Waals surface area contributed by atoms with Crippen molar-refractivity contribution in [3.8, 4) is 17.3 Å². The van der Waals surface area contributed by atoms with Crippen LogP contribution < -0.4 is 4.74 Å². The Morgan fingerprint density at radius 2 is 1.80 bits per heavy atom. The SMILES string of the molecule is CN=Cc1ncc(C(=O)N2CCC(n3c(-c4cc5cccnc5n4CC4CC4)nc4cc(C(=O)N5CC6CC7CC5[C@H]76)cc(OC)c43)CC2)cn1. The molecule has 4 atom stereocenters. The summed E-state index contributed by atoms with van der Waals surface area (Å²) in [5.74, 6) is 4.79. The molecular formula is C39H41N9O3. The van der Waals surface area contributed by atoms with Crippen molar-refractivity contribution in [3.05, 3.63) is 65.9 Å². The van der Waals surface area contributed by atoms with E-state index in [1.54, 1.807) is 32.8 Å². The van der Waals surface area contributed by atoms with Crippen LogP contribution in [0.3, 0.4) is 0 Å². The first-order valence-corrected chi connectivity index (χ1v) is 18.4. The summed E-state index contributed by atoms with van der Waals surface area (Å²) < 4.78 is 10.8. The van der Waals surface area contributed by atoms with E-state index in [1.807, 2.05) is 29.3 Å². The van der Waals surface area contributed by atoms with Crippen LogP contribution in [-0.4, -0.2) is 96.7 Å². The molecule has 2 amide bonds. The van der Waals surface area contributed by atoms with Gasteiger partial charge in [0, 0.05) is 74.9 Å². The number of amides is 2. The predicted octanol–water partition coefficient (Wildman–Crippen LogP) is 5.27. The fraction of sp³-hybridized carbons (Fsp3) is 0.462. The highest BCUT2D eigenvalue weighted by Crippen LogP contribution is 2.61. The van der Waals surface area contributed by atoms with Crippen LogP contribution in [0.4, 0.5) is 0 Å². The van der Waals surface area contributed by atoms with Gasteiger partial charge in [-0.1, -0.05) is 0 Å². The lowest BCUT2D eigenvalue weighted by Crippen LogP contribution is -2.53. The number of carbonyl (C=O) groups is 2. The van der Waals surface area contributed by atoms with Gasteiger partial charge in [-0.2, -0.15) is 0 Å². The van der Waals surface area contributed by atoms with E-state index in [2.05, 4.69) is 41.1 Å². The van der Waals surface area contributed by atoms with Gasteiger partial charge in [0.15, 0.2) is 11.6 Å². The monoisotopic (exact) mass is 683 g/mol. The minimum absolute atomic E-state index is 0.0466. The molecule has 0 radical (unpaired) electrons. The number of hydrogen-bond acceptors (Lipinski definition) is 8. The van der Waals surface area contributed by atoms with E-state index in [0.717, 1.165) is 71.9 Å². The van der Waals surface area contributed by atoms with Crippen LogP contribution in [0.1, 0.15) is 71.1 Å². The molecule has 4 aromatic heterocycles. The number of piperidine rings is 1. The van der Waals surface area contributed by atoms with E-state index in [0.29, 0.717) is 59.6 Å². The molecule has 12 heteroatoms. The smallest absolute Gasteiger partial charge is 0.256 e. The summed E-state index contributed by atoms with van der Waals surface area (Å²) in [6.07, 6.45) is 12.9. The van der Waals surface area contributed by atoms with Gasteiger partial charge in [0.1, 0.15) is 16.9 Å². The van der Waals surface area contributed by atoms with Crippen LogP contribution in [0.2, 0.25) is 0 Å². The molecule has 0 N–H and O–H groups in total. The van der Waals surface area contributed by atoms with Gasteiger partial charge in [0.25, 0.3) is 11.8 Å². The first-order valence-electron chi connectivity index (χ1n) is 18.4. The van der Waals surface area contributed by atoms with Gasteiger partial charge in [0.05, 0.1) is 30.1 Å². The second-order valence-corrected chi connectivity index (χ2v) is 15.2. The predicted molar refractivity (Wildman–Crippen MR) is 192 cm³/mol. The second kappa shape index (κ2) is 11.7. The van der Waals surface area contributed by atoms with Crippen molar-refractivity contribution in [1.82, 2.24) is 38.9 Å². The molecule has 10 rings (SSSR count). The van der Waals surface area contributed by atoms with Crippen LogP contribution in [-0.2, 0) is 6.54 Å².